The molecule has 0 saturated carbocycles. The van der Waals surface area contributed by atoms with Crippen LogP contribution in [0.4, 0.5) is 0 Å². The third-order valence-corrected chi connectivity index (χ3v) is 3.68. The lowest BCUT2D eigenvalue weighted by Crippen LogP contribution is -2.57. The molecule has 0 bridgehead atoms. The van der Waals surface area contributed by atoms with E-state index in [9.17, 15) is 20.1 Å². The Labute approximate surface area is 123 Å². The van der Waals surface area contributed by atoms with Gasteiger partial charge in [0.25, 0.3) is 0 Å². The maximum absolute atomic E-state index is 11.4. The Kier molecular flexibility index (Phi) is 5.30. The molecule has 0 radical (unpaired) electrons. The average molecular weight is 295 g/mol. The first-order chi connectivity index (χ1) is 9.97. The van der Waals surface area contributed by atoms with E-state index in [1.807, 2.05) is 30.3 Å². The van der Waals surface area contributed by atoms with Crippen molar-refractivity contribution in [3.05, 3.63) is 35.9 Å². The Morgan fingerprint density at radius 1 is 1.33 bits per heavy atom. The lowest BCUT2D eigenvalue weighted by molar-refractivity contribution is -0.178. The first kappa shape index (κ1) is 15.9. The highest BCUT2D eigenvalue weighted by Gasteiger charge is 2.36. The van der Waals surface area contributed by atoms with Crippen molar-refractivity contribution in [3.63, 3.8) is 0 Å². The van der Waals surface area contributed by atoms with Gasteiger partial charge in [-0.2, -0.15) is 0 Å². The van der Waals surface area contributed by atoms with E-state index in [0.717, 1.165) is 5.56 Å². The van der Waals surface area contributed by atoms with Gasteiger partial charge in [-0.1, -0.05) is 30.3 Å². The molecule has 1 aromatic carbocycles. The van der Waals surface area contributed by atoms with Crippen molar-refractivity contribution in [2.45, 2.75) is 50.3 Å². The minimum Gasteiger partial charge on any atom is -0.480 e. The normalized spacial score (nSPS) is 30.8. The molecule has 0 spiro atoms. The number of hydrogen-bond donors (Lipinski definition) is 4. The van der Waals surface area contributed by atoms with Crippen LogP contribution in [-0.2, 0) is 16.0 Å². The number of aliphatic carboxylic acids is 1. The molecule has 1 aliphatic heterocycles. The molecule has 5 atom stereocenters. The summed E-state index contributed by atoms with van der Waals surface area (Å²) in [5, 5.41) is 31.7. The van der Waals surface area contributed by atoms with Gasteiger partial charge >= 0.3 is 5.97 Å². The Morgan fingerprint density at radius 3 is 2.62 bits per heavy atom. The molecule has 1 aliphatic rings. The van der Waals surface area contributed by atoms with Gasteiger partial charge in [0.2, 0.25) is 0 Å². The van der Waals surface area contributed by atoms with E-state index in [0.29, 0.717) is 6.42 Å². The first-order valence-corrected chi connectivity index (χ1v) is 7.01. The lowest BCUT2D eigenvalue weighted by atomic mass is 10.0. The van der Waals surface area contributed by atoms with Crippen LogP contribution in [0, 0.1) is 0 Å². The quantitative estimate of drug-likeness (QED) is 0.616. The molecule has 0 aliphatic carbocycles. The van der Waals surface area contributed by atoms with Gasteiger partial charge in [0.1, 0.15) is 12.3 Å². The number of rotatable bonds is 5. The van der Waals surface area contributed by atoms with Gasteiger partial charge in [-0.05, 0) is 18.9 Å². The lowest BCUT2D eigenvalue weighted by Gasteiger charge is -2.37. The molecule has 0 amide bonds. The fourth-order valence-corrected chi connectivity index (χ4v) is 2.39. The molecule has 4 N–H and O–H groups in total. The van der Waals surface area contributed by atoms with Crippen LogP contribution in [0.3, 0.4) is 0 Å². The summed E-state index contributed by atoms with van der Waals surface area (Å²) in [6.45, 7) is 1.69. The van der Waals surface area contributed by atoms with Crippen molar-refractivity contribution in [1.29, 1.82) is 0 Å². The number of aliphatic hydroxyl groups excluding tert-OH is 2. The smallest absolute Gasteiger partial charge is 0.321 e. The molecule has 21 heavy (non-hydrogen) atoms. The summed E-state index contributed by atoms with van der Waals surface area (Å²) in [7, 11) is 0. The topological polar surface area (TPSA) is 99.0 Å². The second-order valence-electron chi connectivity index (χ2n) is 5.38. The predicted octanol–water partition coefficient (Wildman–Crippen LogP) is 0.129. The molecule has 1 aromatic rings. The molecule has 1 saturated heterocycles. The summed E-state index contributed by atoms with van der Waals surface area (Å²) in [6, 6.07) is 8.39. The SMILES string of the molecule is C[C@H]1OC(N[C@@H](Cc2ccccc2)C(=O)O)[C@H](O)C[C@@H]1O. The maximum atomic E-state index is 11.4. The van der Waals surface area contributed by atoms with E-state index in [4.69, 9.17) is 4.74 Å². The first-order valence-electron chi connectivity index (χ1n) is 7.01. The average Bonchev–Trinajstić information content (AvgIpc) is 2.44. The second kappa shape index (κ2) is 7.00. The van der Waals surface area contributed by atoms with Crippen LogP contribution in [0.15, 0.2) is 30.3 Å². The van der Waals surface area contributed by atoms with Crippen LogP contribution in [0.5, 0.6) is 0 Å². The monoisotopic (exact) mass is 295 g/mol. The Balaban J connectivity index is 2.01. The van der Waals surface area contributed by atoms with E-state index < -0.39 is 36.6 Å². The van der Waals surface area contributed by atoms with Crippen molar-refractivity contribution in [1.82, 2.24) is 5.32 Å². The van der Waals surface area contributed by atoms with Crippen molar-refractivity contribution in [3.8, 4) is 0 Å². The summed E-state index contributed by atoms with van der Waals surface area (Å²) in [6.07, 6.45) is -2.47. The molecule has 116 valence electrons. The summed E-state index contributed by atoms with van der Waals surface area (Å²) >= 11 is 0. The zero-order chi connectivity index (χ0) is 15.4. The van der Waals surface area contributed by atoms with E-state index in [-0.39, 0.29) is 6.42 Å². The predicted molar refractivity (Wildman–Crippen MR) is 75.7 cm³/mol. The number of aliphatic hydroxyl groups is 2. The van der Waals surface area contributed by atoms with Crippen LogP contribution in [-0.4, -0.2) is 51.9 Å². The summed E-state index contributed by atoms with van der Waals surface area (Å²) in [5.74, 6) is -1.01. The van der Waals surface area contributed by atoms with E-state index >= 15 is 0 Å². The zero-order valence-electron chi connectivity index (χ0n) is 11.8. The molecule has 2 rings (SSSR count). The molecular weight excluding hydrogens is 274 g/mol. The van der Waals surface area contributed by atoms with E-state index in [1.54, 1.807) is 6.92 Å². The Bertz CT molecular complexity index is 466. The molecule has 0 aromatic heterocycles. The molecule has 1 unspecified atom stereocenters. The van der Waals surface area contributed by atoms with Gasteiger partial charge in [0.15, 0.2) is 0 Å². The number of ether oxygens (including phenoxy) is 1. The van der Waals surface area contributed by atoms with Crippen molar-refractivity contribution >= 4 is 5.97 Å². The number of carboxylic acid groups (broad SMARTS) is 1. The highest BCUT2D eigenvalue weighted by molar-refractivity contribution is 5.74. The number of carboxylic acids is 1. The summed E-state index contributed by atoms with van der Waals surface area (Å²) in [5.41, 5.74) is 0.885. The van der Waals surface area contributed by atoms with Gasteiger partial charge < -0.3 is 20.1 Å². The molecular formula is C15H21NO5. The Hall–Kier alpha value is -1.47. The van der Waals surface area contributed by atoms with Crippen LogP contribution in [0.1, 0.15) is 18.9 Å². The third-order valence-electron chi connectivity index (χ3n) is 3.68. The van der Waals surface area contributed by atoms with Gasteiger partial charge in [0.05, 0.1) is 18.3 Å². The molecule has 6 nitrogen and oxygen atoms in total. The second-order valence-corrected chi connectivity index (χ2v) is 5.38. The molecule has 6 heteroatoms. The minimum atomic E-state index is -1.01. The molecule has 1 fully saturated rings. The van der Waals surface area contributed by atoms with Gasteiger partial charge in [0, 0.05) is 6.42 Å². The zero-order valence-corrected chi connectivity index (χ0v) is 11.8. The van der Waals surface area contributed by atoms with Crippen molar-refractivity contribution in [2.24, 2.45) is 0 Å². The van der Waals surface area contributed by atoms with E-state index in [2.05, 4.69) is 5.32 Å². The van der Waals surface area contributed by atoms with Crippen LogP contribution < -0.4 is 5.32 Å². The van der Waals surface area contributed by atoms with Crippen LogP contribution in [0.25, 0.3) is 0 Å². The van der Waals surface area contributed by atoms with Gasteiger partial charge in [-0.3, -0.25) is 10.1 Å². The standard InChI is InChI=1S/C15H21NO5/c1-9-12(17)8-13(18)14(21-9)16-11(15(19)20)7-10-5-3-2-4-6-10/h2-6,9,11-14,16-18H,7-8H2,1H3,(H,19,20)/t9-,11+,12+,13-,14?/m1/s1. The van der Waals surface area contributed by atoms with Crippen molar-refractivity contribution < 1.29 is 24.9 Å². The van der Waals surface area contributed by atoms with Crippen molar-refractivity contribution in [2.75, 3.05) is 0 Å². The van der Waals surface area contributed by atoms with Crippen LogP contribution in [0.2, 0.25) is 0 Å². The van der Waals surface area contributed by atoms with E-state index in [1.165, 1.54) is 0 Å². The summed E-state index contributed by atoms with van der Waals surface area (Å²) in [4.78, 5) is 11.4. The maximum Gasteiger partial charge on any atom is 0.321 e. The van der Waals surface area contributed by atoms with Crippen LogP contribution >= 0.6 is 0 Å². The van der Waals surface area contributed by atoms with Gasteiger partial charge in [-0.15, -0.1) is 0 Å². The Morgan fingerprint density at radius 2 is 2.00 bits per heavy atom. The number of carbonyl (C=O) groups is 1. The number of nitrogens with one attached hydrogen (secondary N) is 1. The molecule has 1 heterocycles. The largest absolute Gasteiger partial charge is 0.480 e. The highest BCUT2D eigenvalue weighted by Crippen LogP contribution is 2.19. The minimum absolute atomic E-state index is 0.163. The summed E-state index contributed by atoms with van der Waals surface area (Å²) < 4.78 is 5.45. The fourth-order valence-electron chi connectivity index (χ4n) is 2.39. The highest BCUT2D eigenvalue weighted by atomic mass is 16.5. The number of hydrogen-bond acceptors (Lipinski definition) is 5. The van der Waals surface area contributed by atoms with Gasteiger partial charge in [-0.25, -0.2) is 0 Å². The number of benzene rings is 1. The fraction of sp³-hybridized carbons (Fsp3) is 0.533. The third kappa shape index (κ3) is 4.25.